The van der Waals surface area contributed by atoms with Crippen molar-refractivity contribution in [2.45, 2.75) is 194 Å². The second-order valence-electron chi connectivity index (χ2n) is 14.0. The van der Waals surface area contributed by atoms with E-state index in [2.05, 4.69) is 45.1 Å². The lowest BCUT2D eigenvalue weighted by atomic mass is 10.1. The zero-order chi connectivity index (χ0) is 38.7. The van der Waals surface area contributed by atoms with Gasteiger partial charge < -0.3 is 14.2 Å². The molecule has 0 heterocycles. The maximum Gasteiger partial charge on any atom is 0.306 e. The van der Waals surface area contributed by atoms with Gasteiger partial charge in [0, 0.05) is 19.3 Å². The molecular weight excluding hydrogens is 661 g/mol. The van der Waals surface area contributed by atoms with Gasteiger partial charge in [0.05, 0.1) is 0 Å². The summed E-state index contributed by atoms with van der Waals surface area (Å²) in [6.45, 7) is 6.36. The standard InChI is InChI=1S/C47H78O6/c1-4-7-10-13-16-19-22-23-24-25-26-29-31-34-37-40-46(49)52-43-44(53-47(50)41-38-35-32-28-21-18-15-12-9-6-3)42-51-45(48)39-36-33-30-27-20-17-14-11-8-5-2/h7,10,13,15-16,18-19,22-26,44H,4-6,8-9,11-12,14,17,20-21,27-43H2,1-3H3/b10-7-,16-13-,18-15-,22-19-,24-23-,26-25-. The highest BCUT2D eigenvalue weighted by molar-refractivity contribution is 5.71. The van der Waals surface area contributed by atoms with E-state index in [4.69, 9.17) is 14.2 Å². The van der Waals surface area contributed by atoms with Crippen molar-refractivity contribution in [3.63, 3.8) is 0 Å². The summed E-state index contributed by atoms with van der Waals surface area (Å²) in [5.74, 6) is -0.961. The second-order valence-corrected chi connectivity index (χ2v) is 14.0. The Morgan fingerprint density at radius 3 is 1.28 bits per heavy atom. The first-order valence-corrected chi connectivity index (χ1v) is 21.5. The van der Waals surface area contributed by atoms with Crippen molar-refractivity contribution < 1.29 is 28.6 Å². The van der Waals surface area contributed by atoms with E-state index < -0.39 is 6.10 Å². The van der Waals surface area contributed by atoms with Gasteiger partial charge in [0.1, 0.15) is 13.2 Å². The van der Waals surface area contributed by atoms with Gasteiger partial charge in [0.25, 0.3) is 0 Å². The highest BCUT2D eigenvalue weighted by atomic mass is 16.6. The van der Waals surface area contributed by atoms with Crippen molar-refractivity contribution >= 4 is 17.9 Å². The fourth-order valence-electron chi connectivity index (χ4n) is 5.56. The van der Waals surface area contributed by atoms with Gasteiger partial charge >= 0.3 is 17.9 Å². The van der Waals surface area contributed by atoms with Crippen LogP contribution in [0.5, 0.6) is 0 Å². The van der Waals surface area contributed by atoms with E-state index >= 15 is 0 Å². The van der Waals surface area contributed by atoms with Crippen molar-refractivity contribution in [3.8, 4) is 0 Å². The Balaban J connectivity index is 4.47. The molecule has 0 radical (unpaired) electrons. The third-order valence-electron chi connectivity index (χ3n) is 8.82. The van der Waals surface area contributed by atoms with Crippen molar-refractivity contribution in [2.75, 3.05) is 13.2 Å². The molecule has 0 saturated heterocycles. The Labute approximate surface area is 325 Å². The lowest BCUT2D eigenvalue weighted by Gasteiger charge is -2.18. The number of unbranched alkanes of at least 4 members (excludes halogenated alkanes) is 18. The predicted octanol–water partition coefficient (Wildman–Crippen LogP) is 13.5. The number of rotatable bonds is 37. The van der Waals surface area contributed by atoms with Crippen LogP contribution in [0.4, 0.5) is 0 Å². The summed E-state index contributed by atoms with van der Waals surface area (Å²) in [5.41, 5.74) is 0. The molecule has 6 nitrogen and oxygen atoms in total. The SMILES string of the molecule is CC\C=C/C=C\C=C/C=C\C=C/CCCCCC(=O)OCC(COC(=O)CCCCCCCCCCCC)OC(=O)CCCCCC/C=C\CCCC. The van der Waals surface area contributed by atoms with Gasteiger partial charge in [-0.25, -0.2) is 0 Å². The van der Waals surface area contributed by atoms with Gasteiger partial charge in [0.15, 0.2) is 6.10 Å². The lowest BCUT2D eigenvalue weighted by molar-refractivity contribution is -0.167. The van der Waals surface area contributed by atoms with Crippen LogP contribution in [0.25, 0.3) is 0 Å². The van der Waals surface area contributed by atoms with Gasteiger partial charge in [-0.2, -0.15) is 0 Å². The number of hydrogen-bond donors (Lipinski definition) is 0. The Hall–Kier alpha value is -3.15. The molecule has 0 aliphatic carbocycles. The summed E-state index contributed by atoms with van der Waals surface area (Å²) in [6, 6.07) is 0. The van der Waals surface area contributed by atoms with Crippen molar-refractivity contribution in [2.24, 2.45) is 0 Å². The molecule has 0 spiro atoms. The molecule has 302 valence electrons. The molecule has 0 amide bonds. The Kier molecular flexibility index (Phi) is 39.1. The van der Waals surface area contributed by atoms with Crippen molar-refractivity contribution in [3.05, 3.63) is 72.9 Å². The molecule has 53 heavy (non-hydrogen) atoms. The minimum Gasteiger partial charge on any atom is -0.462 e. The van der Waals surface area contributed by atoms with Crippen LogP contribution in [0.2, 0.25) is 0 Å². The molecule has 1 atom stereocenters. The fourth-order valence-corrected chi connectivity index (χ4v) is 5.56. The molecule has 0 rings (SSSR count). The first kappa shape index (κ1) is 49.9. The third-order valence-corrected chi connectivity index (χ3v) is 8.82. The zero-order valence-electron chi connectivity index (χ0n) is 34.3. The minimum atomic E-state index is -0.793. The number of allylic oxidation sites excluding steroid dienone is 12. The third kappa shape index (κ3) is 39.9. The topological polar surface area (TPSA) is 78.9 Å². The maximum atomic E-state index is 12.6. The minimum absolute atomic E-state index is 0.0937. The number of carbonyl (C=O) groups is 3. The number of hydrogen-bond acceptors (Lipinski definition) is 6. The van der Waals surface area contributed by atoms with Gasteiger partial charge in [-0.15, -0.1) is 0 Å². The average Bonchev–Trinajstić information content (AvgIpc) is 3.15. The van der Waals surface area contributed by atoms with Gasteiger partial charge in [-0.1, -0.05) is 184 Å². The molecular formula is C47H78O6. The molecule has 0 N–H and O–H groups in total. The molecule has 0 aliphatic heterocycles. The van der Waals surface area contributed by atoms with Crippen LogP contribution in [0.3, 0.4) is 0 Å². The van der Waals surface area contributed by atoms with Crippen LogP contribution < -0.4 is 0 Å². The van der Waals surface area contributed by atoms with Crippen molar-refractivity contribution in [1.29, 1.82) is 0 Å². The van der Waals surface area contributed by atoms with E-state index in [9.17, 15) is 14.4 Å². The second kappa shape index (κ2) is 41.6. The number of esters is 3. The smallest absolute Gasteiger partial charge is 0.306 e. The maximum absolute atomic E-state index is 12.6. The van der Waals surface area contributed by atoms with E-state index in [1.165, 1.54) is 57.8 Å². The summed E-state index contributed by atoms with van der Waals surface area (Å²) in [7, 11) is 0. The molecule has 0 bridgehead atoms. The van der Waals surface area contributed by atoms with Crippen LogP contribution in [0, 0.1) is 0 Å². The van der Waals surface area contributed by atoms with Crippen LogP contribution in [0.1, 0.15) is 188 Å². The number of ether oxygens (including phenoxy) is 3. The summed E-state index contributed by atoms with van der Waals surface area (Å²) in [4.78, 5) is 37.6. The van der Waals surface area contributed by atoms with Crippen LogP contribution in [-0.2, 0) is 28.6 Å². The van der Waals surface area contributed by atoms with Crippen LogP contribution in [-0.4, -0.2) is 37.2 Å². The van der Waals surface area contributed by atoms with Crippen molar-refractivity contribution in [1.82, 2.24) is 0 Å². The summed E-state index contributed by atoms with van der Waals surface area (Å²) in [5, 5.41) is 0. The molecule has 0 aromatic rings. The molecule has 0 aromatic carbocycles. The quantitative estimate of drug-likeness (QED) is 0.0208. The van der Waals surface area contributed by atoms with E-state index in [1.807, 2.05) is 48.6 Å². The largest absolute Gasteiger partial charge is 0.462 e. The zero-order valence-corrected chi connectivity index (χ0v) is 34.3. The summed E-state index contributed by atoms with van der Waals surface area (Å²) < 4.78 is 16.6. The fraction of sp³-hybridized carbons (Fsp3) is 0.681. The summed E-state index contributed by atoms with van der Waals surface area (Å²) in [6.07, 6.45) is 50.3. The van der Waals surface area contributed by atoms with Crippen LogP contribution >= 0.6 is 0 Å². The van der Waals surface area contributed by atoms with E-state index in [1.54, 1.807) is 0 Å². The highest BCUT2D eigenvalue weighted by Gasteiger charge is 2.19. The Morgan fingerprint density at radius 1 is 0.396 bits per heavy atom. The normalized spacial score (nSPS) is 12.7. The molecule has 0 aliphatic rings. The molecule has 6 heteroatoms. The van der Waals surface area contributed by atoms with Crippen LogP contribution in [0.15, 0.2) is 72.9 Å². The Morgan fingerprint density at radius 2 is 0.774 bits per heavy atom. The predicted molar refractivity (Wildman–Crippen MR) is 224 cm³/mol. The average molecular weight is 739 g/mol. The van der Waals surface area contributed by atoms with E-state index in [0.29, 0.717) is 19.3 Å². The molecule has 0 fully saturated rings. The van der Waals surface area contributed by atoms with E-state index in [-0.39, 0.29) is 31.1 Å². The first-order chi connectivity index (χ1) is 26.0. The lowest BCUT2D eigenvalue weighted by Crippen LogP contribution is -2.30. The molecule has 0 aromatic heterocycles. The van der Waals surface area contributed by atoms with Gasteiger partial charge in [-0.3, -0.25) is 14.4 Å². The highest BCUT2D eigenvalue weighted by Crippen LogP contribution is 2.13. The summed E-state index contributed by atoms with van der Waals surface area (Å²) >= 11 is 0. The monoisotopic (exact) mass is 739 g/mol. The number of carbonyl (C=O) groups excluding carboxylic acids is 3. The molecule has 0 saturated carbocycles. The molecule has 1 unspecified atom stereocenters. The Bertz CT molecular complexity index is 1030. The van der Waals surface area contributed by atoms with Gasteiger partial charge in [0.2, 0.25) is 0 Å². The van der Waals surface area contributed by atoms with Gasteiger partial charge in [-0.05, 0) is 57.8 Å². The van der Waals surface area contributed by atoms with E-state index in [0.717, 1.165) is 89.9 Å². The first-order valence-electron chi connectivity index (χ1n) is 21.5.